The number of aliphatic hydroxyl groups is 1. The van der Waals surface area contributed by atoms with Crippen LogP contribution in [0.2, 0.25) is 0 Å². The van der Waals surface area contributed by atoms with Gasteiger partial charge in [0, 0.05) is 15.1 Å². The van der Waals surface area contributed by atoms with Crippen LogP contribution in [0.15, 0.2) is 51.5 Å². The first kappa shape index (κ1) is 14.7. The van der Waals surface area contributed by atoms with Gasteiger partial charge in [-0.25, -0.2) is 0 Å². The van der Waals surface area contributed by atoms with Crippen molar-refractivity contribution >= 4 is 31.9 Å². The Kier molecular flexibility index (Phi) is 5.55. The van der Waals surface area contributed by atoms with Crippen molar-refractivity contribution in [3.05, 3.63) is 62.8 Å². The molecule has 1 atom stereocenters. The fourth-order valence-electron chi connectivity index (χ4n) is 1.95. The molecule has 2 nitrogen and oxygen atoms in total. The summed E-state index contributed by atoms with van der Waals surface area (Å²) >= 11 is 6.79. The third kappa shape index (κ3) is 4.41. The Morgan fingerprint density at radius 2 is 1.89 bits per heavy atom. The second-order valence-corrected chi connectivity index (χ2v) is 6.18. The number of benzene rings is 1. The topological polar surface area (TPSA) is 33.1 Å². The smallest absolute Gasteiger partial charge is 0.0971 e. The van der Waals surface area contributed by atoms with Gasteiger partial charge < -0.3 is 5.11 Å². The molecule has 4 heteroatoms. The zero-order valence-corrected chi connectivity index (χ0v) is 13.6. The summed E-state index contributed by atoms with van der Waals surface area (Å²) < 4.78 is 1.74. The minimum absolute atomic E-state index is 0.522. The van der Waals surface area contributed by atoms with Gasteiger partial charge in [0.05, 0.1) is 11.8 Å². The van der Waals surface area contributed by atoms with Crippen LogP contribution in [0.1, 0.15) is 30.2 Å². The van der Waals surface area contributed by atoms with Crippen LogP contribution < -0.4 is 0 Å². The van der Waals surface area contributed by atoms with E-state index in [2.05, 4.69) is 49.0 Å². The molecule has 0 spiro atoms. The zero-order valence-electron chi connectivity index (χ0n) is 10.4. The summed E-state index contributed by atoms with van der Waals surface area (Å²) in [5.41, 5.74) is 2.01. The molecule has 1 unspecified atom stereocenters. The van der Waals surface area contributed by atoms with Crippen molar-refractivity contribution in [2.75, 3.05) is 0 Å². The summed E-state index contributed by atoms with van der Waals surface area (Å²) in [6.07, 6.45) is 3.82. The third-order valence-corrected chi connectivity index (χ3v) is 4.01. The Balaban J connectivity index is 1.89. The van der Waals surface area contributed by atoms with Crippen LogP contribution in [0, 0.1) is 0 Å². The van der Waals surface area contributed by atoms with Crippen molar-refractivity contribution in [2.45, 2.75) is 25.4 Å². The Morgan fingerprint density at radius 1 is 1.16 bits per heavy atom. The molecule has 1 aromatic carbocycles. The monoisotopic (exact) mass is 383 g/mol. The van der Waals surface area contributed by atoms with E-state index in [-0.39, 0.29) is 0 Å². The number of halogens is 2. The first-order valence-electron chi connectivity index (χ1n) is 6.20. The van der Waals surface area contributed by atoms with E-state index >= 15 is 0 Å². The summed E-state index contributed by atoms with van der Waals surface area (Å²) in [6, 6.07) is 12.2. The van der Waals surface area contributed by atoms with E-state index in [0.29, 0.717) is 12.1 Å². The quantitative estimate of drug-likeness (QED) is 0.812. The van der Waals surface area contributed by atoms with Crippen molar-refractivity contribution in [1.29, 1.82) is 0 Å². The van der Waals surface area contributed by atoms with Crippen molar-refractivity contribution in [3.8, 4) is 0 Å². The predicted octanol–water partition coefficient (Wildman–Crippen LogP) is 4.66. The van der Waals surface area contributed by atoms with Gasteiger partial charge in [-0.2, -0.15) is 0 Å². The predicted molar refractivity (Wildman–Crippen MR) is 84.0 cm³/mol. The molecular formula is C15H15Br2NO. The molecule has 1 heterocycles. The molecular weight excluding hydrogens is 370 g/mol. The molecule has 100 valence electrons. The van der Waals surface area contributed by atoms with Crippen LogP contribution in [0.25, 0.3) is 0 Å². The highest BCUT2D eigenvalue weighted by molar-refractivity contribution is 9.11. The Hall–Kier alpha value is -0.710. The van der Waals surface area contributed by atoms with Gasteiger partial charge in [0.15, 0.2) is 0 Å². The molecule has 0 aliphatic carbocycles. The Morgan fingerprint density at radius 3 is 2.58 bits per heavy atom. The van der Waals surface area contributed by atoms with Crippen molar-refractivity contribution < 1.29 is 5.11 Å². The minimum atomic E-state index is -0.522. The highest BCUT2D eigenvalue weighted by Crippen LogP contribution is 2.27. The molecule has 2 rings (SSSR count). The normalized spacial score (nSPS) is 12.4. The standard InChI is InChI=1S/C15H15Br2NO/c16-12-9-13(17)15(18-10-12)14(19)8-4-7-11-5-2-1-3-6-11/h1-3,5-6,9-10,14,19H,4,7-8H2. The number of nitrogens with zero attached hydrogens (tertiary/aromatic N) is 1. The Bertz CT molecular complexity index is 531. The molecule has 1 N–H and O–H groups in total. The van der Waals surface area contributed by atoms with Crippen LogP contribution in [0.3, 0.4) is 0 Å². The van der Waals surface area contributed by atoms with Crippen molar-refractivity contribution in [2.24, 2.45) is 0 Å². The fourth-order valence-corrected chi connectivity index (χ4v) is 3.20. The lowest BCUT2D eigenvalue weighted by molar-refractivity contribution is 0.159. The zero-order chi connectivity index (χ0) is 13.7. The summed E-state index contributed by atoms with van der Waals surface area (Å²) in [5.74, 6) is 0. The molecule has 0 fully saturated rings. The molecule has 19 heavy (non-hydrogen) atoms. The average Bonchev–Trinajstić information content (AvgIpc) is 2.39. The second kappa shape index (κ2) is 7.17. The molecule has 2 aromatic rings. The molecule has 0 saturated heterocycles. The summed E-state index contributed by atoms with van der Waals surface area (Å²) in [4.78, 5) is 4.26. The summed E-state index contributed by atoms with van der Waals surface area (Å²) in [7, 11) is 0. The van der Waals surface area contributed by atoms with E-state index in [9.17, 15) is 5.11 Å². The lowest BCUT2D eigenvalue weighted by Crippen LogP contribution is -2.02. The maximum atomic E-state index is 10.2. The highest BCUT2D eigenvalue weighted by Gasteiger charge is 2.13. The van der Waals surface area contributed by atoms with Gasteiger partial charge in [0.25, 0.3) is 0 Å². The second-order valence-electron chi connectivity index (χ2n) is 4.41. The van der Waals surface area contributed by atoms with E-state index in [0.717, 1.165) is 21.8 Å². The molecule has 0 radical (unpaired) electrons. The highest BCUT2D eigenvalue weighted by atomic mass is 79.9. The molecule has 0 bridgehead atoms. The van der Waals surface area contributed by atoms with E-state index in [1.165, 1.54) is 5.56 Å². The lowest BCUT2D eigenvalue weighted by Gasteiger charge is -2.12. The number of hydrogen-bond donors (Lipinski definition) is 1. The number of aromatic nitrogens is 1. The summed E-state index contributed by atoms with van der Waals surface area (Å²) in [5, 5.41) is 10.2. The fraction of sp³-hybridized carbons (Fsp3) is 0.267. The van der Waals surface area contributed by atoms with E-state index in [4.69, 9.17) is 0 Å². The van der Waals surface area contributed by atoms with E-state index < -0.39 is 6.10 Å². The number of pyridine rings is 1. The summed E-state index contributed by atoms with van der Waals surface area (Å²) in [6.45, 7) is 0. The van der Waals surface area contributed by atoms with Gasteiger partial charge in [-0.3, -0.25) is 4.98 Å². The van der Waals surface area contributed by atoms with Gasteiger partial charge in [0.2, 0.25) is 0 Å². The van der Waals surface area contributed by atoms with E-state index in [1.54, 1.807) is 6.20 Å². The van der Waals surface area contributed by atoms with Crippen LogP contribution in [0.4, 0.5) is 0 Å². The van der Waals surface area contributed by atoms with Gasteiger partial charge in [-0.05, 0) is 62.8 Å². The third-order valence-electron chi connectivity index (χ3n) is 2.94. The van der Waals surface area contributed by atoms with Crippen molar-refractivity contribution in [3.63, 3.8) is 0 Å². The molecule has 0 amide bonds. The largest absolute Gasteiger partial charge is 0.387 e. The molecule has 0 saturated carbocycles. The maximum Gasteiger partial charge on any atom is 0.0971 e. The minimum Gasteiger partial charge on any atom is -0.387 e. The number of hydrogen-bond acceptors (Lipinski definition) is 2. The first-order valence-corrected chi connectivity index (χ1v) is 7.78. The van der Waals surface area contributed by atoms with Crippen LogP contribution in [-0.4, -0.2) is 10.1 Å². The number of aliphatic hydroxyl groups excluding tert-OH is 1. The maximum absolute atomic E-state index is 10.2. The SMILES string of the molecule is OC(CCCc1ccccc1)c1ncc(Br)cc1Br. The molecule has 0 aliphatic heterocycles. The van der Waals surface area contributed by atoms with Gasteiger partial charge >= 0.3 is 0 Å². The van der Waals surface area contributed by atoms with E-state index in [1.807, 2.05) is 24.3 Å². The number of rotatable bonds is 5. The van der Waals surface area contributed by atoms with Gasteiger partial charge in [-0.1, -0.05) is 30.3 Å². The number of aryl methyl sites for hydroxylation is 1. The van der Waals surface area contributed by atoms with Crippen LogP contribution in [0.5, 0.6) is 0 Å². The average molecular weight is 385 g/mol. The van der Waals surface area contributed by atoms with Crippen LogP contribution >= 0.6 is 31.9 Å². The first-order chi connectivity index (χ1) is 9.16. The molecule has 0 aliphatic rings. The van der Waals surface area contributed by atoms with Gasteiger partial charge in [-0.15, -0.1) is 0 Å². The van der Waals surface area contributed by atoms with Crippen LogP contribution in [-0.2, 0) is 6.42 Å². The Labute approximate surface area is 130 Å². The van der Waals surface area contributed by atoms with Gasteiger partial charge in [0.1, 0.15) is 0 Å². The molecule has 1 aromatic heterocycles. The lowest BCUT2D eigenvalue weighted by atomic mass is 10.0. The van der Waals surface area contributed by atoms with Crippen molar-refractivity contribution in [1.82, 2.24) is 4.98 Å².